The molecule has 0 spiro atoms. The number of ether oxygens (including phenoxy) is 2. The number of halogens is 1. The van der Waals surface area contributed by atoms with Crippen LogP contribution in [0.25, 0.3) is 6.08 Å². The van der Waals surface area contributed by atoms with E-state index in [1.54, 1.807) is 0 Å². The molecule has 7 nitrogen and oxygen atoms in total. The van der Waals surface area contributed by atoms with Crippen LogP contribution >= 0.6 is 11.6 Å². The summed E-state index contributed by atoms with van der Waals surface area (Å²) in [4.78, 5) is 20.3. The molecule has 0 aliphatic carbocycles. The van der Waals surface area contributed by atoms with Gasteiger partial charge in [0, 0.05) is 6.08 Å². The fraction of sp³-hybridized carbons (Fsp3) is 0.182. The van der Waals surface area contributed by atoms with E-state index < -0.39 is 10.8 Å². The predicted molar refractivity (Wildman–Crippen MR) is 68.7 cm³/mol. The van der Waals surface area contributed by atoms with Crippen molar-refractivity contribution in [2.24, 2.45) is 5.73 Å². The minimum Gasteiger partial charge on any atom is -0.493 e. The SMILES string of the molecule is COc1cc(/C=C/[N+](=O)[O-])cc(Cl)c1OCC(N)=O. The van der Waals surface area contributed by atoms with E-state index >= 15 is 0 Å². The lowest BCUT2D eigenvalue weighted by Crippen LogP contribution is -2.20. The molecule has 1 amide bonds. The molecule has 1 rings (SSSR count). The van der Waals surface area contributed by atoms with Crippen LogP contribution in [0.2, 0.25) is 5.02 Å². The number of nitrogens with two attached hydrogens (primary N) is 1. The van der Waals surface area contributed by atoms with Crippen LogP contribution in [-0.2, 0) is 4.79 Å². The van der Waals surface area contributed by atoms with Crippen LogP contribution in [0.1, 0.15) is 5.56 Å². The van der Waals surface area contributed by atoms with E-state index in [-0.39, 0.29) is 23.1 Å². The fourth-order valence-corrected chi connectivity index (χ4v) is 1.54. The summed E-state index contributed by atoms with van der Waals surface area (Å²) >= 11 is 5.95. The third kappa shape index (κ3) is 4.47. The zero-order valence-corrected chi connectivity index (χ0v) is 10.7. The lowest BCUT2D eigenvalue weighted by Gasteiger charge is -2.11. The summed E-state index contributed by atoms with van der Waals surface area (Å²) in [5.74, 6) is -0.256. The molecule has 0 aromatic heterocycles. The molecular formula is C11H11ClN2O5. The van der Waals surface area contributed by atoms with Crippen molar-refractivity contribution in [3.63, 3.8) is 0 Å². The van der Waals surface area contributed by atoms with Crippen LogP contribution in [-0.4, -0.2) is 24.5 Å². The smallest absolute Gasteiger partial charge is 0.255 e. The Morgan fingerprint density at radius 3 is 2.79 bits per heavy atom. The number of nitrogens with zero attached hydrogens (tertiary/aromatic N) is 1. The molecule has 0 aliphatic heterocycles. The lowest BCUT2D eigenvalue weighted by molar-refractivity contribution is -0.400. The minimum absolute atomic E-state index is 0.154. The maximum atomic E-state index is 10.7. The largest absolute Gasteiger partial charge is 0.493 e. The van der Waals surface area contributed by atoms with Gasteiger partial charge in [0.15, 0.2) is 18.1 Å². The Labute approximate surface area is 113 Å². The molecule has 0 radical (unpaired) electrons. The van der Waals surface area contributed by atoms with Gasteiger partial charge in [-0.2, -0.15) is 0 Å². The van der Waals surface area contributed by atoms with Crippen molar-refractivity contribution < 1.29 is 19.2 Å². The molecule has 2 N–H and O–H groups in total. The maximum Gasteiger partial charge on any atom is 0.255 e. The molecule has 0 aliphatic rings. The first-order valence-corrected chi connectivity index (χ1v) is 5.42. The first-order chi connectivity index (χ1) is 8.93. The quantitative estimate of drug-likeness (QED) is 0.629. The molecule has 0 unspecified atom stereocenters. The second-order valence-electron chi connectivity index (χ2n) is 3.39. The highest BCUT2D eigenvalue weighted by Gasteiger charge is 2.12. The Morgan fingerprint density at radius 2 is 2.26 bits per heavy atom. The molecule has 19 heavy (non-hydrogen) atoms. The lowest BCUT2D eigenvalue weighted by atomic mass is 10.2. The summed E-state index contributed by atoms with van der Waals surface area (Å²) in [5.41, 5.74) is 5.42. The van der Waals surface area contributed by atoms with Crippen LogP contribution in [0.3, 0.4) is 0 Å². The van der Waals surface area contributed by atoms with Gasteiger partial charge < -0.3 is 15.2 Å². The second-order valence-corrected chi connectivity index (χ2v) is 3.80. The highest BCUT2D eigenvalue weighted by atomic mass is 35.5. The molecule has 1 aromatic rings. The van der Waals surface area contributed by atoms with Crippen molar-refractivity contribution in [2.45, 2.75) is 0 Å². The van der Waals surface area contributed by atoms with Crippen molar-refractivity contribution in [3.8, 4) is 11.5 Å². The summed E-state index contributed by atoms with van der Waals surface area (Å²) in [5, 5.41) is 10.4. The number of amides is 1. The van der Waals surface area contributed by atoms with Crippen molar-refractivity contribution >= 4 is 23.6 Å². The second kappa shape index (κ2) is 6.60. The number of carbonyl (C=O) groups excluding carboxylic acids is 1. The summed E-state index contributed by atoms with van der Waals surface area (Å²) in [7, 11) is 1.38. The molecule has 0 saturated carbocycles. The Kier molecular flexibility index (Phi) is 5.13. The topological polar surface area (TPSA) is 105 Å². The van der Waals surface area contributed by atoms with E-state index in [1.807, 2.05) is 0 Å². The third-order valence-electron chi connectivity index (χ3n) is 2.00. The van der Waals surface area contributed by atoms with Gasteiger partial charge in [0.2, 0.25) is 6.20 Å². The molecule has 0 saturated heterocycles. The standard InChI is InChI=1S/C11H11ClN2O5/c1-18-9-5-7(2-3-14(16)17)4-8(12)11(9)19-6-10(13)15/h2-5H,6H2,1H3,(H2,13,15)/b3-2+. The van der Waals surface area contributed by atoms with Crippen LogP contribution in [0.4, 0.5) is 0 Å². The number of carbonyl (C=O) groups is 1. The molecule has 0 fully saturated rings. The number of primary amides is 1. The van der Waals surface area contributed by atoms with E-state index in [0.29, 0.717) is 5.56 Å². The fourth-order valence-electron chi connectivity index (χ4n) is 1.27. The minimum atomic E-state index is -0.657. The Morgan fingerprint density at radius 1 is 1.58 bits per heavy atom. The average molecular weight is 287 g/mol. The molecule has 8 heteroatoms. The van der Waals surface area contributed by atoms with Gasteiger partial charge in [-0.05, 0) is 17.7 Å². The first-order valence-electron chi connectivity index (χ1n) is 5.04. The molecule has 0 atom stereocenters. The van der Waals surface area contributed by atoms with Crippen molar-refractivity contribution in [3.05, 3.63) is 39.0 Å². The van der Waals surface area contributed by atoms with Gasteiger partial charge in [-0.15, -0.1) is 0 Å². The highest BCUT2D eigenvalue weighted by molar-refractivity contribution is 6.32. The van der Waals surface area contributed by atoms with Crippen molar-refractivity contribution in [2.75, 3.05) is 13.7 Å². The molecule has 0 heterocycles. The maximum absolute atomic E-state index is 10.7. The van der Waals surface area contributed by atoms with E-state index in [1.165, 1.54) is 25.3 Å². The third-order valence-corrected chi connectivity index (χ3v) is 2.28. The number of nitro groups is 1. The van der Waals surface area contributed by atoms with Crippen LogP contribution in [0, 0.1) is 10.1 Å². The Bertz CT molecular complexity index is 530. The number of benzene rings is 1. The Balaban J connectivity index is 3.07. The summed E-state index contributed by atoms with van der Waals surface area (Å²) in [6.45, 7) is -0.347. The van der Waals surface area contributed by atoms with Gasteiger partial charge in [-0.25, -0.2) is 0 Å². The van der Waals surface area contributed by atoms with Crippen LogP contribution < -0.4 is 15.2 Å². The zero-order valence-electron chi connectivity index (χ0n) is 9.96. The molecule has 1 aromatic carbocycles. The van der Waals surface area contributed by atoms with Gasteiger partial charge in [0.25, 0.3) is 5.91 Å². The van der Waals surface area contributed by atoms with Gasteiger partial charge >= 0.3 is 0 Å². The normalized spacial score (nSPS) is 10.4. The number of rotatable bonds is 6. The molecule has 102 valence electrons. The highest BCUT2D eigenvalue weighted by Crippen LogP contribution is 2.36. The summed E-state index contributed by atoms with van der Waals surface area (Å²) < 4.78 is 10.2. The first kappa shape index (κ1) is 14.8. The van der Waals surface area contributed by atoms with Crippen molar-refractivity contribution in [1.82, 2.24) is 0 Å². The zero-order chi connectivity index (χ0) is 14.4. The average Bonchev–Trinajstić information content (AvgIpc) is 2.34. The summed E-state index contributed by atoms with van der Waals surface area (Å²) in [6, 6.07) is 2.93. The van der Waals surface area contributed by atoms with Gasteiger partial charge in [0.1, 0.15) is 0 Å². The predicted octanol–water partition coefficient (Wildman–Crippen LogP) is 1.46. The summed E-state index contributed by atoms with van der Waals surface area (Å²) in [6.07, 6.45) is 2.03. The van der Waals surface area contributed by atoms with Gasteiger partial charge in [0.05, 0.1) is 17.1 Å². The number of hydrogen-bond donors (Lipinski definition) is 1. The number of methoxy groups -OCH3 is 1. The van der Waals surface area contributed by atoms with Gasteiger partial charge in [-0.1, -0.05) is 11.6 Å². The van der Waals surface area contributed by atoms with E-state index in [9.17, 15) is 14.9 Å². The van der Waals surface area contributed by atoms with E-state index in [0.717, 1.165) is 6.20 Å². The molecule has 0 bridgehead atoms. The molecular weight excluding hydrogens is 276 g/mol. The Hall–Kier alpha value is -2.28. The number of hydrogen-bond acceptors (Lipinski definition) is 5. The van der Waals surface area contributed by atoms with E-state index in [4.69, 9.17) is 26.8 Å². The van der Waals surface area contributed by atoms with Crippen LogP contribution in [0.15, 0.2) is 18.3 Å². The van der Waals surface area contributed by atoms with Crippen LogP contribution in [0.5, 0.6) is 11.5 Å². The monoisotopic (exact) mass is 286 g/mol. The van der Waals surface area contributed by atoms with E-state index in [2.05, 4.69) is 0 Å². The van der Waals surface area contributed by atoms with Crippen molar-refractivity contribution in [1.29, 1.82) is 0 Å². The van der Waals surface area contributed by atoms with Gasteiger partial charge in [-0.3, -0.25) is 14.9 Å².